The SMILES string of the molecule is CC(C)c1ccncc1B1OC(C)(C)C(C)(C)O1. The molecule has 0 spiro atoms. The Hall–Kier alpha value is -0.865. The van der Waals surface area contributed by atoms with Gasteiger partial charge in [-0.05, 0) is 45.2 Å². The van der Waals surface area contributed by atoms with Crippen LogP contribution in [-0.4, -0.2) is 23.3 Å². The van der Waals surface area contributed by atoms with E-state index in [-0.39, 0.29) is 18.3 Å². The van der Waals surface area contributed by atoms with Crippen LogP contribution in [0.25, 0.3) is 0 Å². The van der Waals surface area contributed by atoms with Gasteiger partial charge in [0, 0.05) is 17.9 Å². The third-order valence-corrected chi connectivity index (χ3v) is 4.02. The lowest BCUT2D eigenvalue weighted by atomic mass is 9.75. The fourth-order valence-electron chi connectivity index (χ4n) is 2.11. The number of aromatic nitrogens is 1. The van der Waals surface area contributed by atoms with Crippen molar-refractivity contribution < 1.29 is 9.31 Å². The first-order valence-electron chi connectivity index (χ1n) is 6.54. The van der Waals surface area contributed by atoms with E-state index in [1.807, 2.05) is 18.5 Å². The van der Waals surface area contributed by atoms with Gasteiger partial charge in [-0.1, -0.05) is 13.8 Å². The van der Waals surface area contributed by atoms with E-state index < -0.39 is 0 Å². The van der Waals surface area contributed by atoms with Gasteiger partial charge in [-0.2, -0.15) is 0 Å². The molecule has 0 bridgehead atoms. The second kappa shape index (κ2) is 4.35. The first kappa shape index (κ1) is 13.6. The van der Waals surface area contributed by atoms with Crippen molar-refractivity contribution in [3.05, 3.63) is 24.0 Å². The molecule has 1 aliphatic rings. The number of rotatable bonds is 2. The summed E-state index contributed by atoms with van der Waals surface area (Å²) in [6.45, 7) is 12.6. The largest absolute Gasteiger partial charge is 0.496 e. The first-order valence-corrected chi connectivity index (χ1v) is 6.54. The summed E-state index contributed by atoms with van der Waals surface area (Å²) in [4.78, 5) is 4.21. The summed E-state index contributed by atoms with van der Waals surface area (Å²) >= 11 is 0. The summed E-state index contributed by atoms with van der Waals surface area (Å²) in [6.07, 6.45) is 3.68. The van der Waals surface area contributed by atoms with Crippen molar-refractivity contribution in [3.8, 4) is 0 Å². The van der Waals surface area contributed by atoms with Crippen LogP contribution >= 0.6 is 0 Å². The van der Waals surface area contributed by atoms with Crippen LogP contribution in [0.3, 0.4) is 0 Å². The maximum absolute atomic E-state index is 6.08. The van der Waals surface area contributed by atoms with Crippen LogP contribution in [0.15, 0.2) is 18.5 Å². The Morgan fingerprint density at radius 3 is 2.17 bits per heavy atom. The third kappa shape index (κ3) is 2.19. The lowest BCUT2D eigenvalue weighted by molar-refractivity contribution is 0.00578. The Morgan fingerprint density at radius 2 is 1.67 bits per heavy atom. The van der Waals surface area contributed by atoms with Crippen molar-refractivity contribution in [1.29, 1.82) is 0 Å². The highest BCUT2D eigenvalue weighted by Gasteiger charge is 2.52. The Kier molecular flexibility index (Phi) is 3.28. The molecule has 1 aliphatic heterocycles. The molecule has 1 saturated heterocycles. The Labute approximate surface area is 110 Å². The maximum atomic E-state index is 6.08. The summed E-state index contributed by atoms with van der Waals surface area (Å²) in [5.74, 6) is 0.432. The van der Waals surface area contributed by atoms with Gasteiger partial charge in [-0.3, -0.25) is 4.98 Å². The van der Waals surface area contributed by atoms with Crippen LogP contribution in [0.4, 0.5) is 0 Å². The summed E-state index contributed by atoms with van der Waals surface area (Å²) < 4.78 is 12.2. The highest BCUT2D eigenvalue weighted by molar-refractivity contribution is 6.62. The quantitative estimate of drug-likeness (QED) is 0.752. The highest BCUT2D eigenvalue weighted by Crippen LogP contribution is 2.36. The van der Waals surface area contributed by atoms with Gasteiger partial charge in [0.25, 0.3) is 0 Å². The van der Waals surface area contributed by atoms with E-state index in [1.54, 1.807) is 0 Å². The van der Waals surface area contributed by atoms with Crippen LogP contribution in [0.1, 0.15) is 53.0 Å². The van der Waals surface area contributed by atoms with Crippen molar-refractivity contribution in [2.75, 3.05) is 0 Å². The molecule has 0 amide bonds. The highest BCUT2D eigenvalue weighted by atomic mass is 16.7. The van der Waals surface area contributed by atoms with Crippen LogP contribution in [0.2, 0.25) is 0 Å². The second-order valence-electron chi connectivity index (χ2n) is 6.25. The van der Waals surface area contributed by atoms with Gasteiger partial charge in [0.15, 0.2) is 0 Å². The first-order chi connectivity index (χ1) is 8.24. The summed E-state index contributed by atoms with van der Waals surface area (Å²) in [5.41, 5.74) is 1.68. The van der Waals surface area contributed by atoms with Crippen molar-refractivity contribution in [1.82, 2.24) is 4.98 Å². The van der Waals surface area contributed by atoms with Crippen LogP contribution in [0.5, 0.6) is 0 Å². The molecule has 98 valence electrons. The average Bonchev–Trinajstić information content (AvgIpc) is 2.48. The summed E-state index contributed by atoms with van der Waals surface area (Å²) in [5, 5.41) is 0. The Balaban J connectivity index is 2.35. The van der Waals surface area contributed by atoms with Crippen LogP contribution in [0, 0.1) is 0 Å². The summed E-state index contributed by atoms with van der Waals surface area (Å²) in [7, 11) is -0.318. The monoisotopic (exact) mass is 247 g/mol. The molecule has 2 rings (SSSR count). The molecule has 1 aromatic heterocycles. The number of nitrogens with zero attached hydrogens (tertiary/aromatic N) is 1. The third-order valence-electron chi connectivity index (χ3n) is 4.02. The normalized spacial score (nSPS) is 21.6. The second-order valence-corrected chi connectivity index (χ2v) is 6.25. The summed E-state index contributed by atoms with van der Waals surface area (Å²) in [6, 6.07) is 2.05. The average molecular weight is 247 g/mol. The molecular weight excluding hydrogens is 225 g/mol. The molecule has 1 aromatic rings. The van der Waals surface area contributed by atoms with Gasteiger partial charge >= 0.3 is 7.12 Å². The molecule has 0 atom stereocenters. The molecule has 4 heteroatoms. The van der Waals surface area contributed by atoms with Gasteiger partial charge in [-0.15, -0.1) is 0 Å². The number of hydrogen-bond donors (Lipinski definition) is 0. The lowest BCUT2D eigenvalue weighted by Crippen LogP contribution is -2.41. The zero-order valence-corrected chi connectivity index (χ0v) is 12.2. The molecule has 0 aliphatic carbocycles. The Bertz CT molecular complexity index is 427. The van der Waals surface area contributed by atoms with Crippen molar-refractivity contribution in [2.45, 2.75) is 58.7 Å². The lowest BCUT2D eigenvalue weighted by Gasteiger charge is -2.32. The van der Waals surface area contributed by atoms with Crippen LogP contribution < -0.4 is 5.46 Å². The minimum absolute atomic E-state index is 0.304. The van der Waals surface area contributed by atoms with Gasteiger partial charge in [0.05, 0.1) is 11.2 Å². The standard InChI is InChI=1S/C14H22BNO2/c1-10(2)11-7-8-16-9-12(11)15-17-13(3,4)14(5,6)18-15/h7-10H,1-6H3. The van der Waals surface area contributed by atoms with Gasteiger partial charge in [0.2, 0.25) is 0 Å². The van der Waals surface area contributed by atoms with E-state index >= 15 is 0 Å². The zero-order valence-electron chi connectivity index (χ0n) is 12.2. The number of pyridine rings is 1. The minimum atomic E-state index is -0.318. The molecule has 3 nitrogen and oxygen atoms in total. The van der Waals surface area contributed by atoms with E-state index in [0.717, 1.165) is 5.46 Å². The van der Waals surface area contributed by atoms with E-state index in [4.69, 9.17) is 9.31 Å². The van der Waals surface area contributed by atoms with Gasteiger partial charge in [0.1, 0.15) is 0 Å². The van der Waals surface area contributed by atoms with E-state index in [2.05, 4.69) is 46.5 Å². The minimum Gasteiger partial charge on any atom is -0.399 e. The van der Waals surface area contributed by atoms with Crippen molar-refractivity contribution >= 4 is 12.6 Å². The molecular formula is C14H22BNO2. The maximum Gasteiger partial charge on any atom is 0.496 e. The van der Waals surface area contributed by atoms with E-state index in [9.17, 15) is 0 Å². The van der Waals surface area contributed by atoms with Crippen molar-refractivity contribution in [2.24, 2.45) is 0 Å². The molecule has 1 fully saturated rings. The fraction of sp³-hybridized carbons (Fsp3) is 0.643. The topological polar surface area (TPSA) is 31.4 Å². The zero-order chi connectivity index (χ0) is 13.6. The molecule has 0 aromatic carbocycles. The molecule has 0 N–H and O–H groups in total. The number of hydrogen-bond acceptors (Lipinski definition) is 3. The predicted octanol–water partition coefficient (Wildman–Crippen LogP) is 2.50. The predicted molar refractivity (Wildman–Crippen MR) is 74.0 cm³/mol. The van der Waals surface area contributed by atoms with E-state index in [0.29, 0.717) is 5.92 Å². The van der Waals surface area contributed by atoms with Gasteiger partial charge < -0.3 is 9.31 Å². The Morgan fingerprint density at radius 1 is 1.11 bits per heavy atom. The molecule has 2 heterocycles. The molecule has 0 unspecified atom stereocenters. The van der Waals surface area contributed by atoms with Crippen molar-refractivity contribution in [3.63, 3.8) is 0 Å². The smallest absolute Gasteiger partial charge is 0.399 e. The van der Waals surface area contributed by atoms with E-state index in [1.165, 1.54) is 5.56 Å². The van der Waals surface area contributed by atoms with Gasteiger partial charge in [-0.25, -0.2) is 0 Å². The van der Waals surface area contributed by atoms with Crippen LogP contribution in [-0.2, 0) is 9.31 Å². The molecule has 0 radical (unpaired) electrons. The molecule has 18 heavy (non-hydrogen) atoms. The molecule has 0 saturated carbocycles. The fourth-order valence-corrected chi connectivity index (χ4v) is 2.11.